The molecule has 0 saturated heterocycles. The maximum absolute atomic E-state index is 13.9. The summed E-state index contributed by atoms with van der Waals surface area (Å²) in [6.45, 7) is 4.33. The number of aromatic amines is 1. The molecule has 6 heteroatoms. The number of amides is 2. The number of para-hydroxylation sites is 1. The lowest BCUT2D eigenvalue weighted by molar-refractivity contribution is -0.115. The molecule has 0 radical (unpaired) electrons. The van der Waals surface area contributed by atoms with Gasteiger partial charge in [-0.2, -0.15) is 0 Å². The standard InChI is InChI=1S/C28H26N4O2/c1-3-26(33)31-20-14-12-19(13-15-20)21-8-4-5-9-22(21)28(34)32-17-16-24-27(30-18(2)29-24)23-10-6-7-11-25(23)32/h4-15H,3,16-17H2,1-2H3,(H,29,30)(H,31,33). The van der Waals surface area contributed by atoms with Gasteiger partial charge in [-0.25, -0.2) is 4.98 Å². The van der Waals surface area contributed by atoms with Crippen molar-refractivity contribution in [2.24, 2.45) is 0 Å². The Labute approximate surface area is 198 Å². The van der Waals surface area contributed by atoms with Crippen molar-refractivity contribution in [1.29, 1.82) is 0 Å². The van der Waals surface area contributed by atoms with Gasteiger partial charge in [0.15, 0.2) is 0 Å². The summed E-state index contributed by atoms with van der Waals surface area (Å²) in [7, 11) is 0. The van der Waals surface area contributed by atoms with E-state index in [2.05, 4.69) is 10.3 Å². The molecule has 3 aromatic carbocycles. The van der Waals surface area contributed by atoms with Crippen molar-refractivity contribution >= 4 is 23.2 Å². The number of benzene rings is 3. The lowest BCUT2D eigenvalue weighted by Crippen LogP contribution is -2.33. The lowest BCUT2D eigenvalue weighted by atomic mass is 9.98. The number of anilines is 2. The van der Waals surface area contributed by atoms with Gasteiger partial charge in [0.25, 0.3) is 5.91 Å². The number of H-pyrrole nitrogens is 1. The molecule has 0 atom stereocenters. The molecule has 34 heavy (non-hydrogen) atoms. The Morgan fingerprint density at radius 2 is 1.68 bits per heavy atom. The van der Waals surface area contributed by atoms with Crippen LogP contribution in [0.3, 0.4) is 0 Å². The fraction of sp³-hybridized carbons (Fsp3) is 0.179. The number of imidazole rings is 1. The Bertz CT molecular complexity index is 1370. The Balaban J connectivity index is 1.51. The fourth-order valence-electron chi connectivity index (χ4n) is 4.46. The van der Waals surface area contributed by atoms with E-state index in [0.717, 1.165) is 45.3 Å². The van der Waals surface area contributed by atoms with E-state index >= 15 is 0 Å². The van der Waals surface area contributed by atoms with Crippen molar-refractivity contribution in [2.75, 3.05) is 16.8 Å². The van der Waals surface area contributed by atoms with Crippen LogP contribution in [0.5, 0.6) is 0 Å². The average molecular weight is 451 g/mol. The quantitative estimate of drug-likeness (QED) is 0.425. The minimum atomic E-state index is -0.0479. The summed E-state index contributed by atoms with van der Waals surface area (Å²) >= 11 is 0. The van der Waals surface area contributed by atoms with Gasteiger partial charge in [0.05, 0.1) is 11.4 Å². The molecule has 2 amide bonds. The van der Waals surface area contributed by atoms with Crippen LogP contribution < -0.4 is 10.2 Å². The predicted octanol–water partition coefficient (Wildman–Crippen LogP) is 5.60. The maximum atomic E-state index is 13.9. The highest BCUT2D eigenvalue weighted by molar-refractivity contribution is 6.12. The first-order valence-corrected chi connectivity index (χ1v) is 11.5. The Hall–Kier alpha value is -4.19. The van der Waals surface area contributed by atoms with Crippen molar-refractivity contribution < 1.29 is 9.59 Å². The first-order chi connectivity index (χ1) is 16.5. The first-order valence-electron chi connectivity index (χ1n) is 11.5. The first kappa shape index (κ1) is 21.6. The predicted molar refractivity (Wildman–Crippen MR) is 135 cm³/mol. The minimum absolute atomic E-state index is 0.0299. The van der Waals surface area contributed by atoms with E-state index in [1.165, 1.54) is 0 Å². The molecule has 170 valence electrons. The molecule has 0 saturated carbocycles. The fourth-order valence-corrected chi connectivity index (χ4v) is 4.46. The molecule has 0 unspecified atom stereocenters. The molecule has 0 aliphatic carbocycles. The molecule has 5 rings (SSSR count). The van der Waals surface area contributed by atoms with Crippen molar-refractivity contribution in [3.05, 3.63) is 89.9 Å². The highest BCUT2D eigenvalue weighted by Gasteiger charge is 2.28. The minimum Gasteiger partial charge on any atom is -0.346 e. The normalized spacial score (nSPS) is 12.5. The van der Waals surface area contributed by atoms with Gasteiger partial charge >= 0.3 is 0 Å². The Morgan fingerprint density at radius 3 is 2.44 bits per heavy atom. The van der Waals surface area contributed by atoms with Gasteiger partial charge in [-0.05, 0) is 42.3 Å². The number of carbonyl (C=O) groups is 2. The summed E-state index contributed by atoms with van der Waals surface area (Å²) in [5, 5.41) is 2.86. The van der Waals surface area contributed by atoms with Crippen molar-refractivity contribution in [2.45, 2.75) is 26.7 Å². The number of hydrogen-bond donors (Lipinski definition) is 2. The van der Waals surface area contributed by atoms with Gasteiger partial charge < -0.3 is 15.2 Å². The Kier molecular flexibility index (Phi) is 5.72. The largest absolute Gasteiger partial charge is 0.346 e. The van der Waals surface area contributed by atoms with Crippen molar-refractivity contribution in [3.63, 3.8) is 0 Å². The van der Waals surface area contributed by atoms with E-state index in [0.29, 0.717) is 24.9 Å². The molecule has 2 N–H and O–H groups in total. The molecule has 1 aliphatic heterocycles. The van der Waals surface area contributed by atoms with Gasteiger partial charge in [-0.15, -0.1) is 0 Å². The summed E-state index contributed by atoms with van der Waals surface area (Å²) in [5.41, 5.74) is 6.95. The third-order valence-corrected chi connectivity index (χ3v) is 6.14. The second-order valence-electron chi connectivity index (χ2n) is 8.40. The van der Waals surface area contributed by atoms with Gasteiger partial charge in [-0.3, -0.25) is 9.59 Å². The lowest BCUT2D eigenvalue weighted by Gasteiger charge is -2.24. The average Bonchev–Trinajstić information content (AvgIpc) is 3.17. The Morgan fingerprint density at radius 1 is 0.971 bits per heavy atom. The highest BCUT2D eigenvalue weighted by Crippen LogP contribution is 2.36. The molecule has 4 aromatic rings. The molecular weight excluding hydrogens is 424 g/mol. The van der Waals surface area contributed by atoms with Gasteiger partial charge in [0.1, 0.15) is 5.82 Å². The van der Waals surface area contributed by atoms with Crippen LogP contribution in [0.4, 0.5) is 11.4 Å². The molecular formula is C28H26N4O2. The molecule has 1 aliphatic rings. The van der Waals surface area contributed by atoms with Crippen LogP contribution in [0.2, 0.25) is 0 Å². The molecule has 0 spiro atoms. The van der Waals surface area contributed by atoms with E-state index < -0.39 is 0 Å². The summed E-state index contributed by atoms with van der Waals surface area (Å²) in [4.78, 5) is 35.5. The number of rotatable bonds is 4. The third-order valence-electron chi connectivity index (χ3n) is 6.14. The summed E-state index contributed by atoms with van der Waals surface area (Å²) in [5.74, 6) is 0.800. The molecule has 1 aromatic heterocycles. The molecule has 0 bridgehead atoms. The number of aromatic nitrogens is 2. The SMILES string of the molecule is CCC(=O)Nc1ccc(-c2ccccc2C(=O)N2CCc3[nH]c(C)nc3-c3ccccc32)cc1. The molecule has 2 heterocycles. The summed E-state index contributed by atoms with van der Waals surface area (Å²) in [6.07, 6.45) is 1.12. The smallest absolute Gasteiger partial charge is 0.258 e. The zero-order valence-corrected chi connectivity index (χ0v) is 19.3. The van der Waals surface area contributed by atoms with Gasteiger partial charge in [-0.1, -0.05) is 55.5 Å². The van der Waals surface area contributed by atoms with E-state index in [9.17, 15) is 9.59 Å². The second kappa shape index (κ2) is 8.98. The van der Waals surface area contributed by atoms with Crippen LogP contribution in [0.1, 0.15) is 35.2 Å². The third kappa shape index (κ3) is 3.99. The highest BCUT2D eigenvalue weighted by atomic mass is 16.2. The summed E-state index contributed by atoms with van der Waals surface area (Å²) in [6, 6.07) is 23.2. The van der Waals surface area contributed by atoms with Gasteiger partial charge in [0, 0.05) is 41.9 Å². The number of nitrogens with zero attached hydrogens (tertiary/aromatic N) is 2. The summed E-state index contributed by atoms with van der Waals surface area (Å²) < 4.78 is 0. The van der Waals surface area contributed by atoms with Crippen molar-refractivity contribution in [3.8, 4) is 22.4 Å². The zero-order valence-electron chi connectivity index (χ0n) is 19.3. The van der Waals surface area contributed by atoms with Crippen LogP contribution in [-0.2, 0) is 11.2 Å². The van der Waals surface area contributed by atoms with Crippen LogP contribution in [0.25, 0.3) is 22.4 Å². The van der Waals surface area contributed by atoms with E-state index in [1.54, 1.807) is 0 Å². The van der Waals surface area contributed by atoms with Crippen LogP contribution in [0.15, 0.2) is 72.8 Å². The number of nitrogens with one attached hydrogen (secondary N) is 2. The van der Waals surface area contributed by atoms with Crippen LogP contribution in [-0.4, -0.2) is 28.3 Å². The maximum Gasteiger partial charge on any atom is 0.258 e. The second-order valence-corrected chi connectivity index (χ2v) is 8.40. The monoisotopic (exact) mass is 450 g/mol. The zero-order chi connectivity index (χ0) is 23.7. The van der Waals surface area contributed by atoms with Crippen LogP contribution in [0, 0.1) is 6.92 Å². The van der Waals surface area contributed by atoms with E-state index in [1.807, 2.05) is 91.5 Å². The topological polar surface area (TPSA) is 78.1 Å². The number of carbonyl (C=O) groups excluding carboxylic acids is 2. The van der Waals surface area contributed by atoms with E-state index in [4.69, 9.17) is 4.98 Å². The number of aryl methyl sites for hydroxylation is 1. The van der Waals surface area contributed by atoms with Crippen LogP contribution >= 0.6 is 0 Å². The number of hydrogen-bond acceptors (Lipinski definition) is 3. The van der Waals surface area contributed by atoms with Gasteiger partial charge in [0.2, 0.25) is 5.91 Å². The molecule has 6 nitrogen and oxygen atoms in total. The number of fused-ring (bicyclic) bond motifs is 3. The molecule has 0 fully saturated rings. The van der Waals surface area contributed by atoms with Crippen molar-refractivity contribution in [1.82, 2.24) is 9.97 Å². The van der Waals surface area contributed by atoms with E-state index in [-0.39, 0.29) is 11.8 Å².